The van der Waals surface area contributed by atoms with Crippen LogP contribution in [0.3, 0.4) is 0 Å². The van der Waals surface area contributed by atoms with E-state index in [4.69, 9.17) is 0 Å². The van der Waals surface area contributed by atoms with Crippen LogP contribution in [0, 0.1) is 5.92 Å². The van der Waals surface area contributed by atoms with Gasteiger partial charge in [0.25, 0.3) is 0 Å². The molecule has 3 aliphatic heterocycles. The van der Waals surface area contributed by atoms with E-state index in [0.29, 0.717) is 19.0 Å². The smallest absolute Gasteiger partial charge is 0.324 e. The molecule has 140 valence electrons. The molecule has 0 spiro atoms. The van der Waals surface area contributed by atoms with Crippen LogP contribution in [0.1, 0.15) is 26.2 Å². The van der Waals surface area contributed by atoms with Gasteiger partial charge in [0.05, 0.1) is 19.6 Å². The maximum atomic E-state index is 11.6. The topological polar surface area (TPSA) is 80.3 Å². The van der Waals surface area contributed by atoms with E-state index in [-0.39, 0.29) is 18.5 Å². The van der Waals surface area contributed by atoms with Crippen LogP contribution < -0.4 is 10.6 Å². The van der Waals surface area contributed by atoms with Crippen LogP contribution in [-0.4, -0.2) is 91.5 Å². The molecule has 1 unspecified atom stereocenters. The predicted molar refractivity (Wildman–Crippen MR) is 96.4 cm³/mol. The lowest BCUT2D eigenvalue weighted by molar-refractivity contribution is -0.124. The summed E-state index contributed by atoms with van der Waals surface area (Å²) in [5.74, 6) is 1.43. The Morgan fingerprint density at radius 1 is 1.28 bits per heavy atom. The summed E-state index contributed by atoms with van der Waals surface area (Å²) in [6.45, 7) is 9.50. The van der Waals surface area contributed by atoms with Gasteiger partial charge in [-0.15, -0.1) is 0 Å². The van der Waals surface area contributed by atoms with Crippen LogP contribution in [0.4, 0.5) is 4.79 Å². The lowest BCUT2D eigenvalue weighted by Crippen LogP contribution is -2.41. The lowest BCUT2D eigenvalue weighted by atomic mass is 10.1. The maximum absolute atomic E-state index is 11.6. The Kier molecular flexibility index (Phi) is 6.12. The van der Waals surface area contributed by atoms with Gasteiger partial charge in [0.1, 0.15) is 0 Å². The van der Waals surface area contributed by atoms with Gasteiger partial charge in [0, 0.05) is 26.2 Å². The number of rotatable bonds is 6. The molecule has 8 heteroatoms. The third kappa shape index (κ3) is 4.62. The third-order valence-corrected chi connectivity index (χ3v) is 5.16. The van der Waals surface area contributed by atoms with Crippen LogP contribution in [0.2, 0.25) is 0 Å². The summed E-state index contributed by atoms with van der Waals surface area (Å²) in [6, 6.07) is -0.308. The minimum absolute atomic E-state index is 0.104. The molecular formula is C17H30N6O2. The van der Waals surface area contributed by atoms with E-state index in [0.717, 1.165) is 25.6 Å². The molecule has 3 rings (SSSR count). The molecule has 3 heterocycles. The van der Waals surface area contributed by atoms with E-state index in [1.165, 1.54) is 43.8 Å². The average Bonchev–Trinajstić information content (AvgIpc) is 3.33. The summed E-state index contributed by atoms with van der Waals surface area (Å²) in [7, 11) is 0. The van der Waals surface area contributed by atoms with Crippen molar-refractivity contribution in [3.05, 3.63) is 0 Å². The van der Waals surface area contributed by atoms with Crippen molar-refractivity contribution in [1.82, 2.24) is 25.3 Å². The average molecular weight is 350 g/mol. The van der Waals surface area contributed by atoms with Crippen molar-refractivity contribution in [1.29, 1.82) is 0 Å². The third-order valence-electron chi connectivity index (χ3n) is 5.16. The summed E-state index contributed by atoms with van der Waals surface area (Å²) in [5, 5.41) is 5.88. The van der Waals surface area contributed by atoms with Gasteiger partial charge >= 0.3 is 6.03 Å². The Bertz CT molecular complexity index is 501. The number of hydrogen-bond donors (Lipinski definition) is 2. The highest BCUT2D eigenvalue weighted by Gasteiger charge is 2.29. The van der Waals surface area contributed by atoms with E-state index in [1.54, 1.807) is 0 Å². The first-order chi connectivity index (χ1) is 12.2. The highest BCUT2D eigenvalue weighted by Crippen LogP contribution is 2.20. The second kappa shape index (κ2) is 8.51. The standard InChI is InChI=1S/C17H30N6O2/c1-2-18-16(19-6-10-23-15(24)11-20-17(23)25)22-9-5-14(13-22)12-21-7-3-4-8-21/h14H,2-13H2,1H3,(H,18,19)(H,20,25). The van der Waals surface area contributed by atoms with Crippen molar-refractivity contribution < 1.29 is 9.59 Å². The summed E-state index contributed by atoms with van der Waals surface area (Å²) >= 11 is 0. The molecule has 2 N–H and O–H groups in total. The first-order valence-electron chi connectivity index (χ1n) is 9.51. The maximum Gasteiger partial charge on any atom is 0.324 e. The van der Waals surface area contributed by atoms with E-state index in [9.17, 15) is 9.59 Å². The molecule has 25 heavy (non-hydrogen) atoms. The lowest BCUT2D eigenvalue weighted by Gasteiger charge is -2.23. The van der Waals surface area contributed by atoms with E-state index in [1.807, 2.05) is 0 Å². The normalized spacial score (nSPS) is 25.2. The van der Waals surface area contributed by atoms with E-state index in [2.05, 4.69) is 32.3 Å². The first kappa shape index (κ1) is 18.0. The SMILES string of the molecule is CCNC(=NCCN1C(=O)CNC1=O)N1CCC(CN2CCCC2)C1. The number of aliphatic imine (C=N–C) groups is 1. The minimum Gasteiger partial charge on any atom is -0.357 e. The first-order valence-corrected chi connectivity index (χ1v) is 9.51. The van der Waals surface area contributed by atoms with Crippen LogP contribution in [0.15, 0.2) is 4.99 Å². The van der Waals surface area contributed by atoms with Crippen LogP contribution >= 0.6 is 0 Å². The number of likely N-dealkylation sites (tertiary alicyclic amines) is 2. The Labute approximate surface area is 149 Å². The Morgan fingerprint density at radius 3 is 2.76 bits per heavy atom. The van der Waals surface area contributed by atoms with Crippen molar-refractivity contribution in [2.45, 2.75) is 26.2 Å². The molecule has 0 aliphatic carbocycles. The summed E-state index contributed by atoms with van der Waals surface area (Å²) in [6.07, 6.45) is 3.88. The van der Waals surface area contributed by atoms with Crippen molar-refractivity contribution in [2.24, 2.45) is 10.9 Å². The molecule has 0 radical (unpaired) electrons. The molecule has 3 saturated heterocycles. The van der Waals surface area contributed by atoms with Crippen molar-refractivity contribution in [3.63, 3.8) is 0 Å². The molecule has 3 fully saturated rings. The quantitative estimate of drug-likeness (QED) is 0.398. The zero-order valence-electron chi connectivity index (χ0n) is 15.2. The Hall–Kier alpha value is -1.83. The summed E-state index contributed by atoms with van der Waals surface area (Å²) in [5.41, 5.74) is 0. The van der Waals surface area contributed by atoms with Gasteiger partial charge in [-0.25, -0.2) is 4.79 Å². The monoisotopic (exact) mass is 350 g/mol. The number of nitrogens with one attached hydrogen (secondary N) is 2. The van der Waals surface area contributed by atoms with E-state index < -0.39 is 0 Å². The molecule has 0 aromatic carbocycles. The molecule has 0 aromatic heterocycles. The van der Waals surface area contributed by atoms with Crippen molar-refractivity contribution >= 4 is 17.9 Å². The van der Waals surface area contributed by atoms with Gasteiger partial charge in [-0.05, 0) is 45.2 Å². The summed E-state index contributed by atoms with van der Waals surface area (Å²) in [4.78, 5) is 34.0. The highest BCUT2D eigenvalue weighted by atomic mass is 16.2. The van der Waals surface area contributed by atoms with Gasteiger partial charge in [-0.2, -0.15) is 0 Å². The van der Waals surface area contributed by atoms with Gasteiger partial charge in [-0.1, -0.05) is 0 Å². The molecular weight excluding hydrogens is 320 g/mol. The van der Waals surface area contributed by atoms with Gasteiger partial charge in [0.15, 0.2) is 5.96 Å². The van der Waals surface area contributed by atoms with Gasteiger partial charge in [-0.3, -0.25) is 14.7 Å². The fourth-order valence-electron chi connectivity index (χ4n) is 3.87. The van der Waals surface area contributed by atoms with Gasteiger partial charge < -0.3 is 20.4 Å². The van der Waals surface area contributed by atoms with Crippen LogP contribution in [0.25, 0.3) is 0 Å². The Morgan fingerprint density at radius 2 is 2.08 bits per heavy atom. The number of carbonyl (C=O) groups excluding carboxylic acids is 2. The second-order valence-corrected chi connectivity index (χ2v) is 7.05. The fourth-order valence-corrected chi connectivity index (χ4v) is 3.87. The zero-order valence-corrected chi connectivity index (χ0v) is 15.2. The number of hydrogen-bond acceptors (Lipinski definition) is 4. The van der Waals surface area contributed by atoms with E-state index >= 15 is 0 Å². The predicted octanol–water partition coefficient (Wildman–Crippen LogP) is -0.0786. The number of amides is 3. The zero-order chi connectivity index (χ0) is 17.6. The number of imide groups is 1. The van der Waals surface area contributed by atoms with Crippen LogP contribution in [-0.2, 0) is 4.79 Å². The highest BCUT2D eigenvalue weighted by molar-refractivity contribution is 6.01. The molecule has 1 atom stereocenters. The van der Waals surface area contributed by atoms with Crippen molar-refractivity contribution in [3.8, 4) is 0 Å². The molecule has 8 nitrogen and oxygen atoms in total. The second-order valence-electron chi connectivity index (χ2n) is 7.05. The molecule has 0 saturated carbocycles. The summed E-state index contributed by atoms with van der Waals surface area (Å²) < 4.78 is 0. The minimum atomic E-state index is -0.308. The largest absolute Gasteiger partial charge is 0.357 e. The van der Waals surface area contributed by atoms with Crippen molar-refractivity contribution in [2.75, 3.05) is 58.9 Å². The fraction of sp³-hybridized carbons (Fsp3) is 0.824. The van der Waals surface area contributed by atoms with Crippen LogP contribution in [0.5, 0.6) is 0 Å². The van der Waals surface area contributed by atoms with Gasteiger partial charge in [0.2, 0.25) is 5.91 Å². The number of urea groups is 1. The number of nitrogens with zero attached hydrogens (tertiary/aromatic N) is 4. The molecule has 0 aromatic rings. The molecule has 0 bridgehead atoms. The number of carbonyl (C=O) groups is 2. The number of guanidine groups is 1. The molecule has 3 aliphatic rings. The Balaban J connectivity index is 1.49. The molecule has 3 amide bonds.